The first-order chi connectivity index (χ1) is 12.4. The Morgan fingerprint density at radius 1 is 0.577 bits per heavy atom. The Labute approximate surface area is 153 Å². The second-order valence-corrected chi connectivity index (χ2v) is 8.89. The Morgan fingerprint density at radius 3 is 1.12 bits per heavy atom. The predicted molar refractivity (Wildman–Crippen MR) is 91.2 cm³/mol. The van der Waals surface area contributed by atoms with Gasteiger partial charge >= 0.3 is 0 Å². The molecule has 6 aliphatic rings. The fourth-order valence-electron chi connectivity index (χ4n) is 3.79. The first-order valence-electron chi connectivity index (χ1n) is 9.31. The predicted octanol–water partition coefficient (Wildman–Crippen LogP) is 2.25. The monoisotopic (exact) mass is 362 g/mol. The van der Waals surface area contributed by atoms with E-state index in [4.69, 9.17) is 28.4 Å². The molecule has 7 rings (SSSR count). The van der Waals surface area contributed by atoms with Gasteiger partial charge in [-0.15, -0.1) is 0 Å². The third-order valence-corrected chi connectivity index (χ3v) is 5.71. The summed E-state index contributed by atoms with van der Waals surface area (Å²) >= 11 is 0. The largest absolute Gasteiger partial charge is 0.326 e. The second kappa shape index (κ2) is 5.74. The third kappa shape index (κ3) is 2.99. The van der Waals surface area contributed by atoms with Gasteiger partial charge in [-0.2, -0.15) is 0 Å². The minimum absolute atomic E-state index is 0.0129. The van der Waals surface area contributed by atoms with Crippen molar-refractivity contribution < 1.29 is 28.4 Å². The average Bonchev–Trinajstić information content (AvgIpc) is 2.66. The average molecular weight is 362 g/mol. The summed E-state index contributed by atoms with van der Waals surface area (Å²) in [4.78, 5) is 0. The van der Waals surface area contributed by atoms with Crippen molar-refractivity contribution in [3.05, 3.63) is 35.4 Å². The van der Waals surface area contributed by atoms with Gasteiger partial charge in [-0.05, 0) is 11.1 Å². The summed E-state index contributed by atoms with van der Waals surface area (Å²) in [5, 5.41) is 0. The van der Waals surface area contributed by atoms with E-state index in [1.807, 2.05) is 0 Å². The van der Waals surface area contributed by atoms with Crippen LogP contribution in [0.3, 0.4) is 0 Å². The lowest BCUT2D eigenvalue weighted by Crippen LogP contribution is -2.60. The molecule has 6 aliphatic heterocycles. The molecule has 0 aromatic heterocycles. The molecule has 1 aromatic rings. The summed E-state index contributed by atoms with van der Waals surface area (Å²) in [6, 6.07) is 8.31. The molecule has 0 N–H and O–H groups in total. The van der Waals surface area contributed by atoms with Crippen molar-refractivity contribution in [2.75, 3.05) is 39.6 Å². The maximum Gasteiger partial charge on any atom is 0.287 e. The maximum atomic E-state index is 5.87. The normalized spacial score (nSPS) is 44.4. The number of ether oxygens (including phenoxy) is 6. The quantitative estimate of drug-likeness (QED) is 0.819. The van der Waals surface area contributed by atoms with Crippen molar-refractivity contribution in [1.29, 1.82) is 0 Å². The molecule has 1 aromatic carbocycles. The van der Waals surface area contributed by atoms with E-state index in [9.17, 15) is 0 Å². The van der Waals surface area contributed by atoms with Crippen LogP contribution >= 0.6 is 0 Å². The van der Waals surface area contributed by atoms with Gasteiger partial charge in [0, 0.05) is 10.8 Å². The van der Waals surface area contributed by atoms with Gasteiger partial charge < -0.3 is 28.4 Å². The lowest BCUT2D eigenvalue weighted by atomic mass is 9.91. The van der Waals surface area contributed by atoms with Gasteiger partial charge in [0.05, 0.1) is 52.5 Å². The second-order valence-electron chi connectivity index (χ2n) is 8.89. The van der Waals surface area contributed by atoms with Crippen LogP contribution in [0.2, 0.25) is 0 Å². The molecule has 6 fully saturated rings. The first-order valence-corrected chi connectivity index (χ1v) is 9.31. The number of hydrogen-bond donors (Lipinski definition) is 0. The van der Waals surface area contributed by atoms with Crippen LogP contribution in [-0.4, -0.2) is 51.6 Å². The minimum atomic E-state index is -0.926. The molecule has 0 unspecified atom stereocenters. The number of fused-ring (bicyclic) bond motifs is 6. The van der Waals surface area contributed by atoms with Crippen LogP contribution in [0.15, 0.2) is 24.3 Å². The van der Waals surface area contributed by atoms with E-state index in [1.165, 1.54) is 0 Å². The van der Waals surface area contributed by atoms with E-state index in [1.54, 1.807) is 0 Å². The zero-order chi connectivity index (χ0) is 17.9. The van der Waals surface area contributed by atoms with Crippen molar-refractivity contribution in [3.8, 4) is 0 Å². The molecule has 4 bridgehead atoms. The molecule has 6 nitrogen and oxygen atoms in total. The SMILES string of the molecule is CC12COC(Cc3ccc(CC45OCC(C)(CO4)CO5)cc3)(OC1)OC2. The highest BCUT2D eigenvalue weighted by atomic mass is 16.9. The highest BCUT2D eigenvalue weighted by Crippen LogP contribution is 2.41. The molecule has 6 heterocycles. The van der Waals surface area contributed by atoms with E-state index in [0.717, 1.165) is 11.1 Å². The summed E-state index contributed by atoms with van der Waals surface area (Å²) in [6.07, 6.45) is 1.16. The maximum absolute atomic E-state index is 5.87. The van der Waals surface area contributed by atoms with Crippen LogP contribution < -0.4 is 0 Å². The molecule has 0 aliphatic carbocycles. The van der Waals surface area contributed by atoms with Crippen LogP contribution in [0.5, 0.6) is 0 Å². The standard InChI is InChI=1S/C20H26O6/c1-17-9-21-19(22-10-17,23-11-17)7-15-3-5-16(6-4-15)8-20-24-12-18(2,13-25-20)14-26-20/h3-6H,7-14H2,1-2H3. The lowest BCUT2D eigenvalue weighted by molar-refractivity contribution is -0.465. The molecule has 0 spiro atoms. The smallest absolute Gasteiger partial charge is 0.287 e. The van der Waals surface area contributed by atoms with Crippen LogP contribution in [0.25, 0.3) is 0 Å². The van der Waals surface area contributed by atoms with E-state index in [-0.39, 0.29) is 10.8 Å². The van der Waals surface area contributed by atoms with E-state index >= 15 is 0 Å². The summed E-state index contributed by atoms with van der Waals surface area (Å²) in [6.45, 7) is 8.32. The molecular weight excluding hydrogens is 336 g/mol. The topological polar surface area (TPSA) is 55.4 Å². The van der Waals surface area contributed by atoms with E-state index in [2.05, 4.69) is 38.1 Å². The van der Waals surface area contributed by atoms with E-state index < -0.39 is 11.9 Å². The van der Waals surface area contributed by atoms with Crippen LogP contribution in [0, 0.1) is 10.8 Å². The summed E-state index contributed by atoms with van der Waals surface area (Å²) in [5.74, 6) is -1.85. The molecule has 6 saturated heterocycles. The molecule has 6 heteroatoms. The lowest BCUT2D eigenvalue weighted by Gasteiger charge is -2.50. The van der Waals surface area contributed by atoms with Gasteiger partial charge in [0.25, 0.3) is 11.9 Å². The zero-order valence-corrected chi connectivity index (χ0v) is 15.4. The fourth-order valence-corrected chi connectivity index (χ4v) is 3.79. The summed E-state index contributed by atoms with van der Waals surface area (Å²) < 4.78 is 35.2. The molecule has 0 saturated carbocycles. The Bertz CT molecular complexity index is 576. The molecule has 0 radical (unpaired) electrons. The van der Waals surface area contributed by atoms with Crippen LogP contribution in [0.1, 0.15) is 25.0 Å². The first kappa shape index (κ1) is 17.1. The summed E-state index contributed by atoms with van der Waals surface area (Å²) in [5.41, 5.74) is 2.20. The van der Waals surface area contributed by atoms with Gasteiger partial charge in [0.1, 0.15) is 0 Å². The van der Waals surface area contributed by atoms with Gasteiger partial charge in [-0.1, -0.05) is 38.1 Å². The number of benzene rings is 1. The Hall–Kier alpha value is -1.02. The molecule has 0 amide bonds. The Kier molecular flexibility index (Phi) is 3.77. The van der Waals surface area contributed by atoms with E-state index in [0.29, 0.717) is 52.5 Å². The third-order valence-electron chi connectivity index (χ3n) is 5.71. The molecule has 142 valence electrons. The Balaban J connectivity index is 1.24. The van der Waals surface area contributed by atoms with Crippen molar-refractivity contribution in [2.45, 2.75) is 38.6 Å². The highest BCUT2D eigenvalue weighted by Gasteiger charge is 2.51. The van der Waals surface area contributed by atoms with Gasteiger partial charge in [0.2, 0.25) is 0 Å². The number of rotatable bonds is 4. The van der Waals surface area contributed by atoms with Crippen molar-refractivity contribution in [3.63, 3.8) is 0 Å². The molecule has 0 atom stereocenters. The van der Waals surface area contributed by atoms with Crippen molar-refractivity contribution >= 4 is 0 Å². The number of hydrogen-bond acceptors (Lipinski definition) is 6. The van der Waals surface area contributed by atoms with Crippen LogP contribution in [-0.2, 0) is 41.3 Å². The van der Waals surface area contributed by atoms with Crippen molar-refractivity contribution in [1.82, 2.24) is 0 Å². The van der Waals surface area contributed by atoms with Crippen LogP contribution in [0.4, 0.5) is 0 Å². The molecule has 26 heavy (non-hydrogen) atoms. The zero-order valence-electron chi connectivity index (χ0n) is 15.4. The minimum Gasteiger partial charge on any atom is -0.326 e. The highest BCUT2D eigenvalue weighted by molar-refractivity contribution is 5.24. The Morgan fingerprint density at radius 2 is 0.846 bits per heavy atom. The molecular formula is C20H26O6. The van der Waals surface area contributed by atoms with Gasteiger partial charge in [0.15, 0.2) is 0 Å². The van der Waals surface area contributed by atoms with Gasteiger partial charge in [-0.3, -0.25) is 0 Å². The van der Waals surface area contributed by atoms with Gasteiger partial charge in [-0.25, -0.2) is 0 Å². The fraction of sp³-hybridized carbons (Fsp3) is 0.700. The van der Waals surface area contributed by atoms with Crippen molar-refractivity contribution in [2.24, 2.45) is 10.8 Å². The summed E-state index contributed by atoms with van der Waals surface area (Å²) in [7, 11) is 0.